The maximum Gasteiger partial charge on any atom is 0.573 e. The molecule has 2 N–H and O–H groups in total. The van der Waals surface area contributed by atoms with Crippen LogP contribution in [0.3, 0.4) is 0 Å². The molecule has 0 aliphatic heterocycles. The number of nitrogens with one attached hydrogen (secondary N) is 1. The van der Waals surface area contributed by atoms with Crippen LogP contribution in [0.2, 0.25) is 0 Å². The van der Waals surface area contributed by atoms with Crippen LogP contribution in [0.5, 0.6) is 5.75 Å². The Labute approximate surface area is 124 Å². The fraction of sp³-hybridized carbons (Fsp3) is 0.429. The number of carboxylic acids is 1. The van der Waals surface area contributed by atoms with Gasteiger partial charge in [-0.3, -0.25) is 4.79 Å². The number of halogens is 3. The zero-order valence-corrected chi connectivity index (χ0v) is 11.4. The van der Waals surface area contributed by atoms with E-state index in [0.717, 1.165) is 25.0 Å². The molecular weight excluding hydrogens is 303 g/mol. The Morgan fingerprint density at radius 2 is 1.86 bits per heavy atom. The predicted octanol–water partition coefficient (Wildman–Crippen LogP) is 2.11. The first-order valence-electron chi connectivity index (χ1n) is 6.61. The van der Waals surface area contributed by atoms with Crippen LogP contribution in [0.25, 0.3) is 0 Å². The normalized spacial score (nSPS) is 16.0. The van der Waals surface area contributed by atoms with Crippen LogP contribution in [-0.2, 0) is 16.0 Å². The summed E-state index contributed by atoms with van der Waals surface area (Å²) in [6.07, 6.45) is -3.35. The van der Waals surface area contributed by atoms with E-state index in [2.05, 4.69) is 10.1 Å². The van der Waals surface area contributed by atoms with Crippen molar-refractivity contribution in [1.29, 1.82) is 0 Å². The second-order valence-corrected chi connectivity index (χ2v) is 5.09. The molecule has 1 saturated carbocycles. The second-order valence-electron chi connectivity index (χ2n) is 5.09. The van der Waals surface area contributed by atoms with Crippen molar-refractivity contribution in [1.82, 2.24) is 5.32 Å². The van der Waals surface area contributed by atoms with E-state index in [4.69, 9.17) is 5.11 Å². The summed E-state index contributed by atoms with van der Waals surface area (Å²) in [5.74, 6) is -1.98. The average Bonchev–Trinajstić information content (AvgIpc) is 3.20. The number of rotatable bonds is 6. The SMILES string of the molecule is O=C(Cc1ccc(OC(F)(F)F)cc1)NC(C(=O)O)C1CC1. The highest BCUT2D eigenvalue weighted by atomic mass is 19.4. The van der Waals surface area contributed by atoms with E-state index in [1.807, 2.05) is 0 Å². The molecule has 1 aromatic rings. The Balaban J connectivity index is 1.90. The van der Waals surface area contributed by atoms with Gasteiger partial charge in [-0.1, -0.05) is 12.1 Å². The van der Waals surface area contributed by atoms with Gasteiger partial charge in [0.05, 0.1) is 6.42 Å². The molecule has 1 unspecified atom stereocenters. The van der Waals surface area contributed by atoms with Crippen molar-refractivity contribution in [3.63, 3.8) is 0 Å². The van der Waals surface area contributed by atoms with Crippen molar-refractivity contribution >= 4 is 11.9 Å². The first kappa shape index (κ1) is 16.1. The van der Waals surface area contributed by atoms with Crippen molar-refractivity contribution in [3.8, 4) is 5.75 Å². The lowest BCUT2D eigenvalue weighted by Crippen LogP contribution is -2.43. The summed E-state index contributed by atoms with van der Waals surface area (Å²) in [5.41, 5.74) is 0.465. The Morgan fingerprint density at radius 3 is 2.32 bits per heavy atom. The van der Waals surface area contributed by atoms with Gasteiger partial charge in [-0.05, 0) is 36.5 Å². The van der Waals surface area contributed by atoms with Crippen molar-refractivity contribution in [3.05, 3.63) is 29.8 Å². The molecule has 0 aromatic heterocycles. The minimum atomic E-state index is -4.77. The van der Waals surface area contributed by atoms with E-state index in [0.29, 0.717) is 5.56 Å². The lowest BCUT2D eigenvalue weighted by Gasteiger charge is -2.13. The van der Waals surface area contributed by atoms with Crippen LogP contribution in [0.1, 0.15) is 18.4 Å². The van der Waals surface area contributed by atoms with Gasteiger partial charge in [-0.25, -0.2) is 4.79 Å². The van der Waals surface area contributed by atoms with Crippen LogP contribution < -0.4 is 10.1 Å². The molecule has 0 saturated heterocycles. The molecule has 1 atom stereocenters. The van der Waals surface area contributed by atoms with Gasteiger partial charge >= 0.3 is 12.3 Å². The summed E-state index contributed by atoms with van der Waals surface area (Å²) in [5, 5.41) is 11.4. The minimum Gasteiger partial charge on any atom is -0.480 e. The van der Waals surface area contributed by atoms with Crippen LogP contribution in [0.4, 0.5) is 13.2 Å². The first-order valence-corrected chi connectivity index (χ1v) is 6.61. The number of carbonyl (C=O) groups excluding carboxylic acids is 1. The minimum absolute atomic E-state index is 0.0380. The second kappa shape index (κ2) is 6.25. The molecule has 0 radical (unpaired) electrons. The van der Waals surface area contributed by atoms with Crippen LogP contribution in [0.15, 0.2) is 24.3 Å². The molecule has 120 valence electrons. The summed E-state index contributed by atoms with van der Waals surface area (Å²) < 4.78 is 39.8. The Morgan fingerprint density at radius 1 is 1.27 bits per heavy atom. The number of amides is 1. The zero-order valence-electron chi connectivity index (χ0n) is 11.4. The topological polar surface area (TPSA) is 75.6 Å². The van der Waals surface area contributed by atoms with E-state index in [1.54, 1.807) is 0 Å². The zero-order chi connectivity index (χ0) is 16.3. The van der Waals surface area contributed by atoms with Crippen LogP contribution in [-0.4, -0.2) is 29.4 Å². The maximum absolute atomic E-state index is 12.0. The Kier molecular flexibility index (Phi) is 4.58. The van der Waals surface area contributed by atoms with Crippen molar-refractivity contribution < 1.29 is 32.6 Å². The molecule has 1 aliphatic rings. The lowest BCUT2D eigenvalue weighted by molar-refractivity contribution is -0.274. The van der Waals surface area contributed by atoms with Gasteiger partial charge in [-0.15, -0.1) is 13.2 Å². The van der Waals surface area contributed by atoms with Crippen molar-refractivity contribution in [2.45, 2.75) is 31.7 Å². The molecule has 0 heterocycles. The molecule has 1 aromatic carbocycles. The highest BCUT2D eigenvalue weighted by Crippen LogP contribution is 2.32. The first-order chi connectivity index (χ1) is 10.2. The number of hydrogen-bond donors (Lipinski definition) is 2. The Hall–Kier alpha value is -2.25. The smallest absolute Gasteiger partial charge is 0.480 e. The highest BCUT2D eigenvalue weighted by molar-refractivity contribution is 5.85. The van der Waals surface area contributed by atoms with Gasteiger partial charge in [-0.2, -0.15) is 0 Å². The molecule has 5 nitrogen and oxygen atoms in total. The molecule has 22 heavy (non-hydrogen) atoms. The summed E-state index contributed by atoms with van der Waals surface area (Å²) >= 11 is 0. The standard InChI is InChI=1S/C14H14F3NO4/c15-14(16,17)22-10-5-1-8(2-6-10)7-11(19)18-12(13(20)21)9-3-4-9/h1-2,5-6,9,12H,3-4,7H2,(H,18,19)(H,20,21). The fourth-order valence-electron chi connectivity index (χ4n) is 2.03. The molecule has 2 rings (SSSR count). The number of benzene rings is 1. The van der Waals surface area contributed by atoms with E-state index < -0.39 is 24.3 Å². The molecule has 0 bridgehead atoms. The van der Waals surface area contributed by atoms with Gasteiger partial charge in [0, 0.05) is 0 Å². The summed E-state index contributed by atoms with van der Waals surface area (Å²) in [4.78, 5) is 22.8. The largest absolute Gasteiger partial charge is 0.573 e. The molecule has 8 heteroatoms. The van der Waals surface area contributed by atoms with Gasteiger partial charge in [0.15, 0.2) is 0 Å². The average molecular weight is 317 g/mol. The van der Waals surface area contributed by atoms with E-state index in [1.165, 1.54) is 12.1 Å². The number of ether oxygens (including phenoxy) is 1. The van der Waals surface area contributed by atoms with E-state index >= 15 is 0 Å². The molecule has 0 spiro atoms. The van der Waals surface area contributed by atoms with Crippen molar-refractivity contribution in [2.75, 3.05) is 0 Å². The number of aliphatic carboxylic acids is 1. The Bertz CT molecular complexity index is 552. The van der Waals surface area contributed by atoms with Crippen molar-refractivity contribution in [2.24, 2.45) is 5.92 Å². The van der Waals surface area contributed by atoms with Gasteiger partial charge in [0.1, 0.15) is 11.8 Å². The number of carbonyl (C=O) groups is 2. The van der Waals surface area contributed by atoms with Gasteiger partial charge in [0.25, 0.3) is 0 Å². The summed E-state index contributed by atoms with van der Waals surface area (Å²) in [6, 6.07) is 3.96. The molecular formula is C14H14F3NO4. The fourth-order valence-corrected chi connectivity index (χ4v) is 2.03. The third-order valence-electron chi connectivity index (χ3n) is 3.20. The highest BCUT2D eigenvalue weighted by Gasteiger charge is 2.37. The summed E-state index contributed by atoms with van der Waals surface area (Å²) in [6.45, 7) is 0. The van der Waals surface area contributed by atoms with E-state index in [9.17, 15) is 22.8 Å². The molecule has 1 fully saturated rings. The number of alkyl halides is 3. The van der Waals surface area contributed by atoms with Gasteiger partial charge < -0.3 is 15.2 Å². The molecule has 1 amide bonds. The monoisotopic (exact) mass is 317 g/mol. The third kappa shape index (κ3) is 4.94. The number of carboxylic acid groups (broad SMARTS) is 1. The maximum atomic E-state index is 12.0. The lowest BCUT2D eigenvalue weighted by atomic mass is 10.1. The van der Waals surface area contributed by atoms with E-state index in [-0.39, 0.29) is 18.1 Å². The predicted molar refractivity (Wildman–Crippen MR) is 69.1 cm³/mol. The molecule has 1 aliphatic carbocycles. The quantitative estimate of drug-likeness (QED) is 0.842. The third-order valence-corrected chi connectivity index (χ3v) is 3.20. The van der Waals surface area contributed by atoms with Crippen LogP contribution >= 0.6 is 0 Å². The van der Waals surface area contributed by atoms with Gasteiger partial charge in [0.2, 0.25) is 5.91 Å². The summed E-state index contributed by atoms with van der Waals surface area (Å²) in [7, 11) is 0. The van der Waals surface area contributed by atoms with Crippen LogP contribution in [0, 0.1) is 5.92 Å². The number of hydrogen-bond acceptors (Lipinski definition) is 3.